The number of halogens is 1. The van der Waals surface area contributed by atoms with Crippen LogP contribution >= 0.6 is 0 Å². The number of esters is 1. The molecule has 3 atom stereocenters. The van der Waals surface area contributed by atoms with Crippen LogP contribution in [-0.2, 0) is 19.1 Å². The van der Waals surface area contributed by atoms with Crippen LogP contribution in [0.5, 0.6) is 0 Å². The molecule has 2 N–H and O–H groups in total. The zero-order valence-corrected chi connectivity index (χ0v) is 28.1. The quantitative estimate of drug-likeness (QED) is 0.278. The number of hydrogen-bond acceptors (Lipinski definition) is 7. The molecule has 3 amide bonds. The van der Waals surface area contributed by atoms with Crippen molar-refractivity contribution in [3.05, 3.63) is 30.0 Å². The number of rotatable bonds is 9. The smallest absolute Gasteiger partial charge is 0.407 e. The predicted molar refractivity (Wildman–Crippen MR) is 176 cm³/mol. The van der Waals surface area contributed by atoms with Gasteiger partial charge in [0.2, 0.25) is 17.6 Å². The Balaban J connectivity index is 1.27. The standard InChI is InChI=1S/C36H50FN3O7/c1-5-45-34(43)30-20-25-19-26(15-16-29(25)46-30)38-32(41)31-27(22-9-7-6-8-10-22)17-18-40(31)33(42)24-13-11-23(12-14-24)28(21-37)39-35(44)47-36(2,3)4/h15-16,19-20,22-24,27-28,31H,5-14,17-18,21H2,1-4H3,(H,38,41)(H,39,44)/t23-,24-,27-,28?,31-/m0/s1. The molecule has 1 aromatic heterocycles. The second-order valence-electron chi connectivity index (χ2n) is 14.4. The summed E-state index contributed by atoms with van der Waals surface area (Å²) >= 11 is 0. The minimum Gasteiger partial charge on any atom is -0.460 e. The lowest BCUT2D eigenvalue weighted by molar-refractivity contribution is -0.142. The van der Waals surface area contributed by atoms with Crippen molar-refractivity contribution in [2.75, 3.05) is 25.1 Å². The highest BCUT2D eigenvalue weighted by Crippen LogP contribution is 2.41. The van der Waals surface area contributed by atoms with Gasteiger partial charge >= 0.3 is 12.1 Å². The first-order chi connectivity index (χ1) is 22.5. The van der Waals surface area contributed by atoms with Gasteiger partial charge in [0.1, 0.15) is 23.9 Å². The third kappa shape index (κ3) is 8.46. The van der Waals surface area contributed by atoms with Crippen LogP contribution in [0.1, 0.15) is 102 Å². The van der Waals surface area contributed by atoms with Gasteiger partial charge in [-0.15, -0.1) is 0 Å². The van der Waals surface area contributed by atoms with Gasteiger partial charge in [0.15, 0.2) is 0 Å². The highest BCUT2D eigenvalue weighted by atomic mass is 19.1. The molecule has 258 valence electrons. The molecule has 2 aromatic rings. The Morgan fingerprint density at radius 3 is 2.38 bits per heavy atom. The van der Waals surface area contributed by atoms with E-state index in [1.807, 2.05) is 0 Å². The molecule has 0 spiro atoms. The van der Waals surface area contributed by atoms with E-state index in [4.69, 9.17) is 13.9 Å². The van der Waals surface area contributed by atoms with Gasteiger partial charge in [-0.2, -0.15) is 0 Å². The van der Waals surface area contributed by atoms with E-state index in [0.29, 0.717) is 54.8 Å². The van der Waals surface area contributed by atoms with Crippen molar-refractivity contribution in [3.63, 3.8) is 0 Å². The summed E-state index contributed by atoms with van der Waals surface area (Å²) in [5, 5.41) is 6.43. The second-order valence-corrected chi connectivity index (χ2v) is 14.4. The molecule has 1 aliphatic heterocycles. The SMILES string of the molecule is CCOC(=O)c1cc2cc(NC(=O)[C@@H]3[C@H](C4CCCCC4)CCN3C(=O)[C@H]3CC[C@H](C(CF)NC(=O)OC(C)(C)C)CC3)ccc2o1. The molecule has 1 saturated heterocycles. The number of fused-ring (bicyclic) bond motifs is 1. The minimum absolute atomic E-state index is 0.0109. The van der Waals surface area contributed by atoms with Crippen LogP contribution in [0.2, 0.25) is 0 Å². The molecule has 5 rings (SSSR count). The van der Waals surface area contributed by atoms with Crippen LogP contribution in [0, 0.1) is 23.7 Å². The summed E-state index contributed by atoms with van der Waals surface area (Å²) in [7, 11) is 0. The first-order valence-electron chi connectivity index (χ1n) is 17.3. The summed E-state index contributed by atoms with van der Waals surface area (Å²) < 4.78 is 30.0. The monoisotopic (exact) mass is 655 g/mol. The molecule has 0 bridgehead atoms. The predicted octanol–water partition coefficient (Wildman–Crippen LogP) is 7.01. The third-order valence-electron chi connectivity index (χ3n) is 10.1. The van der Waals surface area contributed by atoms with Gasteiger partial charge in [-0.1, -0.05) is 32.1 Å². The van der Waals surface area contributed by atoms with Gasteiger partial charge in [-0.25, -0.2) is 14.0 Å². The molecule has 1 aromatic carbocycles. The Labute approximate surface area is 276 Å². The zero-order valence-electron chi connectivity index (χ0n) is 28.1. The van der Waals surface area contributed by atoms with Gasteiger partial charge in [0, 0.05) is 23.5 Å². The van der Waals surface area contributed by atoms with Crippen molar-refractivity contribution < 1.29 is 37.5 Å². The Morgan fingerprint density at radius 2 is 1.72 bits per heavy atom. The molecule has 3 aliphatic rings. The molecule has 47 heavy (non-hydrogen) atoms. The Kier molecular flexibility index (Phi) is 11.1. The van der Waals surface area contributed by atoms with E-state index in [1.165, 1.54) is 6.42 Å². The van der Waals surface area contributed by atoms with Crippen molar-refractivity contribution in [1.82, 2.24) is 10.2 Å². The van der Waals surface area contributed by atoms with E-state index in [0.717, 1.165) is 32.1 Å². The largest absolute Gasteiger partial charge is 0.460 e. The fraction of sp³-hybridized carbons (Fsp3) is 0.667. The molecular formula is C36H50FN3O7. The van der Waals surface area contributed by atoms with Gasteiger partial charge in [-0.05, 0) is 102 Å². The number of ether oxygens (including phenoxy) is 2. The van der Waals surface area contributed by atoms with Crippen molar-refractivity contribution in [3.8, 4) is 0 Å². The fourth-order valence-electron chi connectivity index (χ4n) is 7.84. The molecular weight excluding hydrogens is 605 g/mol. The maximum absolute atomic E-state index is 14.1. The maximum atomic E-state index is 14.1. The lowest BCUT2D eigenvalue weighted by atomic mass is 9.76. The van der Waals surface area contributed by atoms with Crippen LogP contribution < -0.4 is 10.6 Å². The number of hydrogen-bond donors (Lipinski definition) is 2. The average Bonchev–Trinajstić information content (AvgIpc) is 3.68. The summed E-state index contributed by atoms with van der Waals surface area (Å²) in [5.41, 5.74) is 0.397. The first kappa shape index (κ1) is 34.7. The molecule has 3 fully saturated rings. The summed E-state index contributed by atoms with van der Waals surface area (Å²) in [6, 6.07) is 5.58. The third-order valence-corrected chi connectivity index (χ3v) is 10.1. The number of nitrogens with one attached hydrogen (secondary N) is 2. The number of carbonyl (C=O) groups is 4. The number of likely N-dealkylation sites (tertiary alicyclic amines) is 1. The Bertz CT molecular complexity index is 1420. The normalized spacial score (nSPS) is 24.5. The van der Waals surface area contributed by atoms with Gasteiger partial charge < -0.3 is 29.4 Å². The topological polar surface area (TPSA) is 127 Å². The van der Waals surface area contributed by atoms with E-state index in [1.54, 1.807) is 56.9 Å². The summed E-state index contributed by atoms with van der Waals surface area (Å²) in [6.45, 7) is 7.09. The van der Waals surface area contributed by atoms with Crippen molar-refractivity contribution in [2.24, 2.45) is 23.7 Å². The number of alkyl halides is 1. The van der Waals surface area contributed by atoms with E-state index in [9.17, 15) is 23.6 Å². The van der Waals surface area contributed by atoms with Crippen LogP contribution in [0.4, 0.5) is 14.9 Å². The molecule has 11 heteroatoms. The van der Waals surface area contributed by atoms with Crippen LogP contribution in [-0.4, -0.2) is 66.3 Å². The van der Waals surface area contributed by atoms with E-state index in [2.05, 4.69) is 10.6 Å². The number of furan rings is 1. The first-order valence-corrected chi connectivity index (χ1v) is 17.3. The average molecular weight is 656 g/mol. The van der Waals surface area contributed by atoms with Crippen LogP contribution in [0.3, 0.4) is 0 Å². The van der Waals surface area contributed by atoms with Crippen LogP contribution in [0.25, 0.3) is 11.0 Å². The number of carbonyl (C=O) groups excluding carboxylic acids is 4. The highest BCUT2D eigenvalue weighted by molar-refractivity contribution is 6.00. The number of alkyl carbamates (subject to hydrolysis) is 1. The molecule has 2 saturated carbocycles. The summed E-state index contributed by atoms with van der Waals surface area (Å²) in [4.78, 5) is 54.5. The molecule has 2 aliphatic carbocycles. The van der Waals surface area contributed by atoms with Crippen molar-refractivity contribution >= 4 is 40.5 Å². The van der Waals surface area contributed by atoms with Crippen molar-refractivity contribution in [2.45, 2.75) is 110 Å². The maximum Gasteiger partial charge on any atom is 0.407 e. The van der Waals surface area contributed by atoms with Crippen LogP contribution in [0.15, 0.2) is 28.7 Å². The Morgan fingerprint density at radius 1 is 1.00 bits per heavy atom. The highest BCUT2D eigenvalue weighted by Gasteiger charge is 2.47. The summed E-state index contributed by atoms with van der Waals surface area (Å²) in [6.07, 6.45) is 8.13. The van der Waals surface area contributed by atoms with Crippen molar-refractivity contribution in [1.29, 1.82) is 0 Å². The van der Waals surface area contributed by atoms with E-state index >= 15 is 0 Å². The molecule has 1 unspecified atom stereocenters. The minimum atomic E-state index is -0.700. The molecule has 0 radical (unpaired) electrons. The second kappa shape index (κ2) is 15.1. The molecule has 2 heterocycles. The Hall–Kier alpha value is -3.63. The number of nitrogens with zero attached hydrogens (tertiary/aromatic N) is 1. The van der Waals surface area contributed by atoms with Gasteiger partial charge in [0.25, 0.3) is 0 Å². The summed E-state index contributed by atoms with van der Waals surface area (Å²) in [5.74, 6) is -0.528. The zero-order chi connectivity index (χ0) is 33.7. The number of benzene rings is 1. The fourth-order valence-corrected chi connectivity index (χ4v) is 7.84. The van der Waals surface area contributed by atoms with Gasteiger partial charge in [0.05, 0.1) is 12.6 Å². The number of anilines is 1. The van der Waals surface area contributed by atoms with E-state index < -0.39 is 36.4 Å². The van der Waals surface area contributed by atoms with Gasteiger partial charge in [-0.3, -0.25) is 9.59 Å². The van der Waals surface area contributed by atoms with E-state index in [-0.39, 0.29) is 41.9 Å². The lowest BCUT2D eigenvalue weighted by Crippen LogP contribution is -2.50. The number of amides is 3. The molecule has 10 nitrogen and oxygen atoms in total. The lowest BCUT2D eigenvalue weighted by Gasteiger charge is -2.37.